The van der Waals surface area contributed by atoms with Gasteiger partial charge in [0.05, 0.1) is 13.2 Å². The van der Waals surface area contributed by atoms with E-state index in [1.165, 1.54) is 0 Å². The molecule has 1 aromatic heterocycles. The quantitative estimate of drug-likeness (QED) is 0.753. The second-order valence-electron chi connectivity index (χ2n) is 4.85. The van der Waals surface area contributed by atoms with Gasteiger partial charge >= 0.3 is 0 Å². The summed E-state index contributed by atoms with van der Waals surface area (Å²) < 4.78 is 5.19. The van der Waals surface area contributed by atoms with Crippen LogP contribution in [-0.2, 0) is 16.0 Å². The molecule has 0 spiro atoms. The highest BCUT2D eigenvalue weighted by atomic mass is 16.5. The van der Waals surface area contributed by atoms with Crippen LogP contribution in [0.2, 0.25) is 0 Å². The number of nitrogens with zero attached hydrogens (tertiary/aromatic N) is 3. The van der Waals surface area contributed by atoms with Gasteiger partial charge in [-0.05, 0) is 6.42 Å². The number of rotatable bonds is 6. The summed E-state index contributed by atoms with van der Waals surface area (Å²) >= 11 is 0. The maximum Gasteiger partial charge on any atom is 0.290 e. The number of amides is 2. The Morgan fingerprint density at radius 3 is 2.86 bits per heavy atom. The molecule has 0 aromatic carbocycles. The summed E-state index contributed by atoms with van der Waals surface area (Å²) in [7, 11) is 0. The van der Waals surface area contributed by atoms with E-state index in [0.29, 0.717) is 32.1 Å². The number of hydrogen-bond acceptors (Lipinski definition) is 5. The molecule has 2 rings (SSSR count). The third kappa shape index (κ3) is 4.52. The van der Waals surface area contributed by atoms with E-state index < -0.39 is 0 Å². The average Bonchev–Trinajstić information content (AvgIpc) is 2.97. The van der Waals surface area contributed by atoms with Gasteiger partial charge in [-0.3, -0.25) is 14.7 Å². The highest BCUT2D eigenvalue weighted by Crippen LogP contribution is 2.00. The molecule has 8 heteroatoms. The Morgan fingerprint density at radius 2 is 2.14 bits per heavy atom. The first-order valence-electron chi connectivity index (χ1n) is 7.25. The average molecular weight is 295 g/mol. The second-order valence-corrected chi connectivity index (χ2v) is 4.85. The summed E-state index contributed by atoms with van der Waals surface area (Å²) in [6.07, 6.45) is 1.97. The normalized spacial score (nSPS) is 15.0. The number of aromatic amines is 1. The van der Waals surface area contributed by atoms with Gasteiger partial charge in [-0.25, -0.2) is 4.98 Å². The highest BCUT2D eigenvalue weighted by Gasteiger charge is 2.17. The minimum atomic E-state index is -0.358. The zero-order chi connectivity index (χ0) is 15.1. The summed E-state index contributed by atoms with van der Waals surface area (Å²) in [5.74, 6) is 0.493. The molecule has 8 nitrogen and oxygen atoms in total. The molecule has 0 bridgehead atoms. The molecule has 1 aromatic rings. The molecule has 0 unspecified atom stereocenters. The SMILES string of the molecule is CCCc1nc(C(=O)NCCC(=O)N2CCOCC2)n[nH]1. The number of ether oxygens (including phenoxy) is 1. The Morgan fingerprint density at radius 1 is 1.38 bits per heavy atom. The standard InChI is InChI=1S/C13H21N5O3/c1-2-3-10-15-12(17-16-10)13(20)14-5-4-11(19)18-6-8-21-9-7-18/h2-9H2,1H3,(H,14,20)(H,15,16,17). The van der Waals surface area contributed by atoms with E-state index in [4.69, 9.17) is 4.74 Å². The van der Waals surface area contributed by atoms with Crippen molar-refractivity contribution in [3.8, 4) is 0 Å². The smallest absolute Gasteiger partial charge is 0.290 e. The summed E-state index contributed by atoms with van der Waals surface area (Å²) in [6, 6.07) is 0. The van der Waals surface area contributed by atoms with E-state index in [9.17, 15) is 9.59 Å². The van der Waals surface area contributed by atoms with Crippen LogP contribution in [-0.4, -0.2) is 64.7 Å². The van der Waals surface area contributed by atoms with Crippen molar-refractivity contribution < 1.29 is 14.3 Å². The lowest BCUT2D eigenvalue weighted by atomic mass is 10.3. The predicted molar refractivity (Wildman–Crippen MR) is 74.7 cm³/mol. The molecule has 1 aliphatic heterocycles. The van der Waals surface area contributed by atoms with Gasteiger partial charge in [-0.1, -0.05) is 6.92 Å². The number of morpholine rings is 1. The fourth-order valence-corrected chi connectivity index (χ4v) is 2.08. The van der Waals surface area contributed by atoms with Gasteiger partial charge in [-0.15, -0.1) is 5.10 Å². The van der Waals surface area contributed by atoms with E-state index in [2.05, 4.69) is 20.5 Å². The molecular formula is C13H21N5O3. The molecular weight excluding hydrogens is 274 g/mol. The van der Waals surface area contributed by atoms with Gasteiger partial charge < -0.3 is 15.0 Å². The molecule has 1 fully saturated rings. The van der Waals surface area contributed by atoms with Crippen molar-refractivity contribution in [2.75, 3.05) is 32.8 Å². The van der Waals surface area contributed by atoms with E-state index in [-0.39, 0.29) is 30.6 Å². The van der Waals surface area contributed by atoms with Crippen molar-refractivity contribution in [3.05, 3.63) is 11.6 Å². The zero-order valence-electron chi connectivity index (χ0n) is 12.2. The molecule has 116 valence electrons. The molecule has 0 radical (unpaired) electrons. The van der Waals surface area contributed by atoms with Gasteiger partial charge in [-0.2, -0.15) is 0 Å². The number of aromatic nitrogens is 3. The molecule has 2 N–H and O–H groups in total. The molecule has 0 atom stereocenters. The van der Waals surface area contributed by atoms with E-state index >= 15 is 0 Å². The Hall–Kier alpha value is -1.96. The van der Waals surface area contributed by atoms with Gasteiger partial charge in [0.1, 0.15) is 5.82 Å². The van der Waals surface area contributed by atoms with Crippen molar-refractivity contribution in [2.24, 2.45) is 0 Å². The lowest BCUT2D eigenvalue weighted by Gasteiger charge is -2.26. The Kier molecular flexibility index (Phi) is 5.68. The van der Waals surface area contributed by atoms with E-state index in [1.807, 2.05) is 6.92 Å². The number of nitrogens with one attached hydrogen (secondary N) is 2. The van der Waals surface area contributed by atoms with Gasteiger partial charge in [0, 0.05) is 32.5 Å². The summed E-state index contributed by atoms with van der Waals surface area (Å²) in [4.78, 5) is 29.6. The summed E-state index contributed by atoms with van der Waals surface area (Å²) in [5, 5.41) is 9.25. The number of H-pyrrole nitrogens is 1. The van der Waals surface area contributed by atoms with Crippen molar-refractivity contribution in [1.29, 1.82) is 0 Å². The predicted octanol–water partition coefficient (Wildman–Crippen LogP) is -0.264. The fraction of sp³-hybridized carbons (Fsp3) is 0.692. The fourth-order valence-electron chi connectivity index (χ4n) is 2.08. The third-order valence-corrected chi connectivity index (χ3v) is 3.21. The number of carbonyl (C=O) groups is 2. The lowest BCUT2D eigenvalue weighted by molar-refractivity contribution is -0.135. The van der Waals surface area contributed by atoms with Crippen LogP contribution in [0.1, 0.15) is 36.2 Å². The largest absolute Gasteiger partial charge is 0.378 e. The number of aryl methyl sites for hydroxylation is 1. The van der Waals surface area contributed by atoms with Crippen LogP contribution >= 0.6 is 0 Å². The van der Waals surface area contributed by atoms with E-state index in [0.717, 1.165) is 12.8 Å². The van der Waals surface area contributed by atoms with Crippen LogP contribution in [0.5, 0.6) is 0 Å². The Bertz CT molecular complexity index is 482. The maximum absolute atomic E-state index is 11.9. The minimum Gasteiger partial charge on any atom is -0.378 e. The van der Waals surface area contributed by atoms with Crippen molar-refractivity contribution in [3.63, 3.8) is 0 Å². The van der Waals surface area contributed by atoms with Crippen LogP contribution in [0.15, 0.2) is 0 Å². The zero-order valence-corrected chi connectivity index (χ0v) is 12.2. The van der Waals surface area contributed by atoms with Crippen LogP contribution in [0.3, 0.4) is 0 Å². The van der Waals surface area contributed by atoms with Crippen molar-refractivity contribution in [1.82, 2.24) is 25.4 Å². The van der Waals surface area contributed by atoms with Crippen LogP contribution in [0.25, 0.3) is 0 Å². The molecule has 1 aliphatic rings. The van der Waals surface area contributed by atoms with Crippen LogP contribution < -0.4 is 5.32 Å². The van der Waals surface area contributed by atoms with Crippen LogP contribution in [0.4, 0.5) is 0 Å². The molecule has 2 heterocycles. The molecule has 0 saturated carbocycles. The first-order valence-corrected chi connectivity index (χ1v) is 7.25. The minimum absolute atomic E-state index is 0.0280. The van der Waals surface area contributed by atoms with Gasteiger partial charge in [0.15, 0.2) is 0 Å². The first kappa shape index (κ1) is 15.4. The number of hydrogen-bond donors (Lipinski definition) is 2. The monoisotopic (exact) mass is 295 g/mol. The first-order chi connectivity index (χ1) is 10.2. The van der Waals surface area contributed by atoms with Crippen LogP contribution in [0, 0.1) is 0 Å². The lowest BCUT2D eigenvalue weighted by Crippen LogP contribution is -2.42. The second kappa shape index (κ2) is 7.72. The highest BCUT2D eigenvalue weighted by molar-refractivity contribution is 5.90. The van der Waals surface area contributed by atoms with Crippen molar-refractivity contribution >= 4 is 11.8 Å². The Balaban J connectivity index is 1.71. The molecule has 2 amide bonds. The molecule has 0 aliphatic carbocycles. The molecule has 21 heavy (non-hydrogen) atoms. The third-order valence-electron chi connectivity index (χ3n) is 3.21. The van der Waals surface area contributed by atoms with Gasteiger partial charge in [0.25, 0.3) is 5.91 Å². The Labute approximate surface area is 123 Å². The summed E-state index contributed by atoms with van der Waals surface area (Å²) in [6.45, 7) is 4.71. The number of carbonyl (C=O) groups excluding carboxylic acids is 2. The molecule has 1 saturated heterocycles. The van der Waals surface area contributed by atoms with E-state index in [1.54, 1.807) is 4.90 Å². The maximum atomic E-state index is 11.9. The van der Waals surface area contributed by atoms with Crippen molar-refractivity contribution in [2.45, 2.75) is 26.2 Å². The van der Waals surface area contributed by atoms with Gasteiger partial charge in [0.2, 0.25) is 11.7 Å². The topological polar surface area (TPSA) is 100 Å². The summed E-state index contributed by atoms with van der Waals surface area (Å²) in [5.41, 5.74) is 0.